The first-order valence-electron chi connectivity index (χ1n) is 16.4. The molecular formula is C35H42ClN5O8. The van der Waals surface area contributed by atoms with E-state index in [2.05, 4.69) is 20.5 Å². The molecule has 0 unspecified atom stereocenters. The minimum atomic E-state index is -1.21. The molecule has 3 aliphatic heterocycles. The van der Waals surface area contributed by atoms with Gasteiger partial charge >= 0.3 is 5.97 Å². The Hall–Kier alpha value is -3.82. The van der Waals surface area contributed by atoms with Gasteiger partial charge in [-0.1, -0.05) is 23.7 Å². The first kappa shape index (κ1) is 35.0. The van der Waals surface area contributed by atoms with E-state index in [1.165, 1.54) is 0 Å². The number of nitrogens with two attached hydrogens (primary N) is 1. The summed E-state index contributed by atoms with van der Waals surface area (Å²) in [5.41, 5.74) is 7.70. The van der Waals surface area contributed by atoms with Gasteiger partial charge in [0.05, 0.1) is 66.2 Å². The number of likely N-dealkylation sites (tertiary alicyclic amines) is 1. The van der Waals surface area contributed by atoms with Crippen molar-refractivity contribution < 1.29 is 39.4 Å². The van der Waals surface area contributed by atoms with Crippen LogP contribution in [0.2, 0.25) is 5.02 Å². The molecule has 13 nitrogen and oxygen atoms in total. The number of imidazole rings is 1. The highest BCUT2D eigenvalue weighted by molar-refractivity contribution is 6.30. The molecule has 49 heavy (non-hydrogen) atoms. The molecule has 7 rings (SSSR count). The van der Waals surface area contributed by atoms with Crippen molar-refractivity contribution in [2.75, 3.05) is 39.5 Å². The van der Waals surface area contributed by atoms with Crippen LogP contribution in [0.4, 0.5) is 0 Å². The second-order valence-electron chi connectivity index (χ2n) is 13.0. The molecule has 0 spiro atoms. The highest BCUT2D eigenvalue weighted by Crippen LogP contribution is 2.49. The Morgan fingerprint density at radius 2 is 1.80 bits per heavy atom. The molecule has 2 aromatic carbocycles. The van der Waals surface area contributed by atoms with Crippen molar-refractivity contribution in [3.63, 3.8) is 0 Å². The van der Waals surface area contributed by atoms with Crippen molar-refractivity contribution >= 4 is 28.6 Å². The van der Waals surface area contributed by atoms with E-state index in [4.69, 9.17) is 51.8 Å². The minimum absolute atomic E-state index is 0.140. The van der Waals surface area contributed by atoms with E-state index in [0.29, 0.717) is 29.7 Å². The molecule has 5 heterocycles. The van der Waals surface area contributed by atoms with Crippen LogP contribution in [0, 0.1) is 0 Å². The molecule has 0 bridgehead atoms. The average molecular weight is 696 g/mol. The fraction of sp³-hybridized carbons (Fsp3) is 0.457. The van der Waals surface area contributed by atoms with Gasteiger partial charge in [-0.2, -0.15) is 0 Å². The molecular weight excluding hydrogens is 654 g/mol. The van der Waals surface area contributed by atoms with Crippen molar-refractivity contribution in [1.29, 1.82) is 0 Å². The van der Waals surface area contributed by atoms with Gasteiger partial charge < -0.3 is 44.9 Å². The maximum atomic E-state index is 11.6. The molecule has 0 radical (unpaired) electrons. The van der Waals surface area contributed by atoms with Crippen LogP contribution in [0.25, 0.3) is 11.0 Å². The topological polar surface area (TPSA) is 186 Å². The number of ether oxygens (including phenoxy) is 3. The van der Waals surface area contributed by atoms with Gasteiger partial charge in [-0.25, -0.2) is 9.78 Å². The van der Waals surface area contributed by atoms with Gasteiger partial charge in [-0.15, -0.1) is 0 Å². The first-order chi connectivity index (χ1) is 23.5. The monoisotopic (exact) mass is 695 g/mol. The third-order valence-electron chi connectivity index (χ3n) is 9.39. The van der Waals surface area contributed by atoms with Crippen molar-refractivity contribution in [2.45, 2.75) is 62.6 Å². The average Bonchev–Trinajstić information content (AvgIpc) is 3.63. The van der Waals surface area contributed by atoms with Gasteiger partial charge in [0.25, 0.3) is 5.79 Å². The Morgan fingerprint density at radius 3 is 2.39 bits per heavy atom. The number of carboxylic acids is 1. The lowest BCUT2D eigenvalue weighted by Crippen LogP contribution is -2.50. The number of nitrogens with zero attached hydrogens (tertiary/aromatic N) is 4. The number of fused-ring (bicyclic) bond motifs is 2. The van der Waals surface area contributed by atoms with E-state index in [9.17, 15) is 9.90 Å². The third-order valence-corrected chi connectivity index (χ3v) is 9.62. The van der Waals surface area contributed by atoms with Gasteiger partial charge in [-0.05, 0) is 74.7 Å². The number of rotatable bonds is 10. The van der Waals surface area contributed by atoms with Gasteiger partial charge in [0.15, 0.2) is 11.5 Å². The summed E-state index contributed by atoms with van der Waals surface area (Å²) >= 11 is 6.04. The lowest BCUT2D eigenvalue weighted by Gasteiger charge is -2.33. The number of carboxylic acid groups (broad SMARTS) is 1. The fourth-order valence-corrected chi connectivity index (χ4v) is 6.34. The van der Waals surface area contributed by atoms with Gasteiger partial charge in [0.2, 0.25) is 0 Å². The summed E-state index contributed by atoms with van der Waals surface area (Å²) in [7, 11) is 0. The Balaban J connectivity index is 0.000000466. The zero-order chi connectivity index (χ0) is 34.8. The SMILES string of the molecule is C[C@]1(c2ccc(Cl)cn2)Oc2cccc(C3CCN(Cc4nc5ccc(C(=O)O)cc5n4C[C@@H]4CCO4)CC3)c2O1.NC(CO)(CO)CO. The number of aromatic carboxylic acids is 1. The maximum absolute atomic E-state index is 11.6. The number of piperidine rings is 1. The molecule has 0 amide bonds. The normalized spacial score (nSPS) is 20.9. The summed E-state index contributed by atoms with van der Waals surface area (Å²) in [5, 5.41) is 35.1. The number of hydrogen-bond acceptors (Lipinski definition) is 11. The van der Waals surface area contributed by atoms with E-state index in [1.807, 2.05) is 25.1 Å². The molecule has 2 fully saturated rings. The Kier molecular flexibility index (Phi) is 10.4. The molecule has 262 valence electrons. The molecule has 2 aromatic heterocycles. The number of benzene rings is 2. The predicted octanol–water partition coefficient (Wildman–Crippen LogP) is 3.26. The van der Waals surface area contributed by atoms with Crippen molar-refractivity contribution in [2.24, 2.45) is 5.73 Å². The quantitative estimate of drug-likeness (QED) is 0.163. The second kappa shape index (κ2) is 14.6. The second-order valence-corrected chi connectivity index (χ2v) is 13.4. The molecule has 3 aliphatic rings. The maximum Gasteiger partial charge on any atom is 0.335 e. The van der Waals surface area contributed by atoms with E-state index in [0.717, 1.165) is 72.9 Å². The van der Waals surface area contributed by atoms with Gasteiger partial charge in [-0.3, -0.25) is 9.88 Å². The lowest BCUT2D eigenvalue weighted by molar-refractivity contribution is -0.0722. The summed E-state index contributed by atoms with van der Waals surface area (Å²) in [4.78, 5) is 23.4. The van der Waals surface area contributed by atoms with Gasteiger partial charge in [0.1, 0.15) is 11.5 Å². The number of halogens is 1. The van der Waals surface area contributed by atoms with Crippen LogP contribution in [0.1, 0.15) is 59.5 Å². The summed E-state index contributed by atoms with van der Waals surface area (Å²) in [6, 6.07) is 14.9. The van der Waals surface area contributed by atoms with Crippen LogP contribution in [-0.2, 0) is 23.6 Å². The number of aliphatic hydroxyl groups is 3. The highest BCUT2D eigenvalue weighted by Gasteiger charge is 2.42. The largest absolute Gasteiger partial charge is 0.478 e. The van der Waals surface area contributed by atoms with E-state index < -0.39 is 37.1 Å². The molecule has 2 atom stereocenters. The fourth-order valence-electron chi connectivity index (χ4n) is 6.23. The lowest BCUT2D eigenvalue weighted by atomic mass is 9.88. The van der Waals surface area contributed by atoms with Gasteiger partial charge in [0, 0.05) is 25.3 Å². The van der Waals surface area contributed by atoms with E-state index in [1.54, 1.807) is 30.5 Å². The summed E-state index contributed by atoms with van der Waals surface area (Å²) < 4.78 is 20.6. The van der Waals surface area contributed by atoms with Crippen molar-refractivity contribution in [3.8, 4) is 11.5 Å². The third kappa shape index (κ3) is 7.53. The van der Waals surface area contributed by atoms with Crippen LogP contribution >= 0.6 is 11.6 Å². The molecule has 4 aromatic rings. The number of pyridine rings is 1. The molecule has 0 aliphatic carbocycles. The Labute approximate surface area is 288 Å². The van der Waals surface area contributed by atoms with Crippen molar-refractivity contribution in [1.82, 2.24) is 19.4 Å². The first-order valence-corrected chi connectivity index (χ1v) is 16.7. The molecule has 2 saturated heterocycles. The van der Waals surface area contributed by atoms with Crippen LogP contribution in [0.3, 0.4) is 0 Å². The van der Waals surface area contributed by atoms with Crippen LogP contribution in [0.15, 0.2) is 54.7 Å². The molecule has 0 saturated carbocycles. The van der Waals surface area contributed by atoms with Crippen LogP contribution < -0.4 is 15.2 Å². The number of hydrogen-bond donors (Lipinski definition) is 5. The summed E-state index contributed by atoms with van der Waals surface area (Å²) in [6.45, 7) is 4.65. The Bertz CT molecular complexity index is 1760. The van der Waals surface area contributed by atoms with Crippen LogP contribution in [0.5, 0.6) is 11.5 Å². The van der Waals surface area contributed by atoms with E-state index >= 15 is 0 Å². The highest BCUT2D eigenvalue weighted by atomic mass is 35.5. The zero-order valence-corrected chi connectivity index (χ0v) is 28.1. The summed E-state index contributed by atoms with van der Waals surface area (Å²) in [6.07, 6.45) is 4.70. The number of para-hydroxylation sites is 1. The van der Waals surface area contributed by atoms with Crippen LogP contribution in [-0.4, -0.2) is 97.0 Å². The smallest absolute Gasteiger partial charge is 0.335 e. The summed E-state index contributed by atoms with van der Waals surface area (Å²) in [5.74, 6) is 0.868. The number of aliphatic hydroxyl groups excluding tert-OH is 3. The van der Waals surface area contributed by atoms with Crippen molar-refractivity contribution in [3.05, 3.63) is 82.4 Å². The zero-order valence-electron chi connectivity index (χ0n) is 27.3. The standard InChI is InChI=1S/C31H31ClN4O5.C4H11NO3/c1-31(27-8-6-21(32)16-33-27)40-26-4-2-3-23(29(26)41-31)19-9-12-35(13-10-19)18-28-34-24-7-5-20(30(37)38)15-25(24)36(28)17-22-11-14-39-22;5-4(1-6,2-7)3-8/h2-8,15-16,19,22H,9-14,17-18H2,1H3,(H,37,38);6-8H,1-3,5H2/t22-,31-;/m0./s1. The number of carbonyl (C=O) groups is 1. The number of aromatic nitrogens is 3. The minimum Gasteiger partial charge on any atom is -0.478 e. The predicted molar refractivity (Wildman–Crippen MR) is 181 cm³/mol. The molecule has 14 heteroatoms. The Morgan fingerprint density at radius 1 is 1.06 bits per heavy atom. The molecule has 6 N–H and O–H groups in total. The van der Waals surface area contributed by atoms with E-state index in [-0.39, 0.29) is 11.7 Å².